The van der Waals surface area contributed by atoms with Crippen LogP contribution in [0.5, 0.6) is 0 Å². The lowest BCUT2D eigenvalue weighted by molar-refractivity contribution is -0.385. The third-order valence-electron chi connectivity index (χ3n) is 2.24. The number of hydrogen-bond acceptors (Lipinski definition) is 3. The Morgan fingerprint density at radius 2 is 2.28 bits per heavy atom. The average Bonchev–Trinajstić information content (AvgIpc) is 2.34. The third kappa shape index (κ3) is 3.65. The zero-order chi connectivity index (χ0) is 13.5. The normalized spacial score (nSPS) is 10.6. The Balaban J connectivity index is 2.71. The van der Waals surface area contributed by atoms with Crippen molar-refractivity contribution in [2.24, 2.45) is 0 Å². The van der Waals surface area contributed by atoms with Crippen LogP contribution < -0.4 is 5.32 Å². The standard InChI is InChI=1S/C12H13FN2O3/c1-2-3-4-7-14-12(16)10-6-5-9(15(17)18)8-11(10)13/h2-3,5-6,8H,4,7H2,1H3,(H,14,16)/b3-2+. The number of allylic oxidation sites excluding steroid dienone is 1. The first-order valence-corrected chi connectivity index (χ1v) is 5.39. The van der Waals surface area contributed by atoms with Gasteiger partial charge in [0.05, 0.1) is 16.6 Å². The number of nitro groups is 1. The van der Waals surface area contributed by atoms with E-state index in [0.717, 1.165) is 18.2 Å². The first-order valence-electron chi connectivity index (χ1n) is 5.39. The van der Waals surface area contributed by atoms with Crippen molar-refractivity contribution in [3.8, 4) is 0 Å². The largest absolute Gasteiger partial charge is 0.352 e. The van der Waals surface area contributed by atoms with Crippen molar-refractivity contribution < 1.29 is 14.1 Å². The molecule has 0 fully saturated rings. The van der Waals surface area contributed by atoms with Crippen LogP contribution in [0.25, 0.3) is 0 Å². The summed E-state index contributed by atoms with van der Waals surface area (Å²) in [5.74, 6) is -1.47. The van der Waals surface area contributed by atoms with E-state index >= 15 is 0 Å². The van der Waals surface area contributed by atoms with E-state index in [1.165, 1.54) is 0 Å². The second kappa shape index (κ2) is 6.48. The number of non-ortho nitro benzene ring substituents is 1. The molecular formula is C12H13FN2O3. The molecule has 0 unspecified atom stereocenters. The van der Waals surface area contributed by atoms with Gasteiger partial charge in [0.25, 0.3) is 11.6 Å². The lowest BCUT2D eigenvalue weighted by Gasteiger charge is -2.04. The van der Waals surface area contributed by atoms with Crippen LogP contribution in [0.15, 0.2) is 30.4 Å². The van der Waals surface area contributed by atoms with Crippen LogP contribution in [-0.4, -0.2) is 17.4 Å². The first-order chi connectivity index (χ1) is 8.56. The minimum absolute atomic E-state index is 0.193. The number of nitro benzene ring substituents is 1. The Morgan fingerprint density at radius 3 is 2.83 bits per heavy atom. The summed E-state index contributed by atoms with van der Waals surface area (Å²) in [5, 5.41) is 12.9. The molecular weight excluding hydrogens is 239 g/mol. The lowest BCUT2D eigenvalue weighted by atomic mass is 10.2. The number of nitrogens with zero attached hydrogens (tertiary/aromatic N) is 1. The molecule has 1 aromatic carbocycles. The molecule has 0 aliphatic rings. The molecule has 1 aromatic rings. The van der Waals surface area contributed by atoms with Gasteiger partial charge in [-0.1, -0.05) is 12.2 Å². The van der Waals surface area contributed by atoms with E-state index in [1.54, 1.807) is 0 Å². The van der Waals surface area contributed by atoms with Crippen LogP contribution in [-0.2, 0) is 0 Å². The summed E-state index contributed by atoms with van der Waals surface area (Å²) in [6.07, 6.45) is 4.36. The van der Waals surface area contributed by atoms with Crippen LogP contribution in [0.3, 0.4) is 0 Å². The van der Waals surface area contributed by atoms with E-state index in [-0.39, 0.29) is 11.3 Å². The average molecular weight is 252 g/mol. The van der Waals surface area contributed by atoms with E-state index in [9.17, 15) is 19.3 Å². The fourth-order valence-corrected chi connectivity index (χ4v) is 1.33. The summed E-state index contributed by atoms with van der Waals surface area (Å²) >= 11 is 0. The summed E-state index contributed by atoms with van der Waals surface area (Å²) < 4.78 is 13.5. The molecule has 0 heterocycles. The monoisotopic (exact) mass is 252 g/mol. The number of nitrogens with one attached hydrogen (secondary N) is 1. The summed E-state index contributed by atoms with van der Waals surface area (Å²) in [7, 11) is 0. The maximum atomic E-state index is 13.5. The fraction of sp³-hybridized carbons (Fsp3) is 0.250. The number of hydrogen-bond donors (Lipinski definition) is 1. The van der Waals surface area contributed by atoms with Crippen molar-refractivity contribution in [1.29, 1.82) is 0 Å². The van der Waals surface area contributed by atoms with Crippen LogP contribution in [0.1, 0.15) is 23.7 Å². The van der Waals surface area contributed by atoms with Crippen molar-refractivity contribution in [3.05, 3.63) is 51.8 Å². The second-order valence-corrected chi connectivity index (χ2v) is 3.53. The van der Waals surface area contributed by atoms with Crippen molar-refractivity contribution in [1.82, 2.24) is 5.32 Å². The van der Waals surface area contributed by atoms with Crippen molar-refractivity contribution in [2.45, 2.75) is 13.3 Å². The van der Waals surface area contributed by atoms with Crippen LogP contribution in [0.4, 0.5) is 10.1 Å². The maximum Gasteiger partial charge on any atom is 0.272 e. The highest BCUT2D eigenvalue weighted by Crippen LogP contribution is 2.16. The maximum absolute atomic E-state index is 13.5. The molecule has 0 radical (unpaired) electrons. The van der Waals surface area contributed by atoms with Gasteiger partial charge in [0.15, 0.2) is 0 Å². The molecule has 1 N–H and O–H groups in total. The van der Waals surface area contributed by atoms with Crippen LogP contribution in [0, 0.1) is 15.9 Å². The molecule has 0 saturated heterocycles. The molecule has 0 aromatic heterocycles. The fourth-order valence-electron chi connectivity index (χ4n) is 1.33. The van der Waals surface area contributed by atoms with Gasteiger partial charge in [-0.2, -0.15) is 0 Å². The Hall–Kier alpha value is -2.24. The van der Waals surface area contributed by atoms with E-state index in [4.69, 9.17) is 0 Å². The van der Waals surface area contributed by atoms with Crippen LogP contribution >= 0.6 is 0 Å². The zero-order valence-corrected chi connectivity index (χ0v) is 9.85. The molecule has 1 amide bonds. The third-order valence-corrected chi connectivity index (χ3v) is 2.24. The molecule has 18 heavy (non-hydrogen) atoms. The molecule has 0 aliphatic carbocycles. The molecule has 0 bridgehead atoms. The molecule has 6 heteroatoms. The van der Waals surface area contributed by atoms with Gasteiger partial charge in [-0.25, -0.2) is 4.39 Å². The Kier molecular flexibility index (Phi) is 4.98. The highest BCUT2D eigenvalue weighted by molar-refractivity contribution is 5.94. The van der Waals surface area contributed by atoms with E-state index in [1.807, 2.05) is 19.1 Å². The summed E-state index contributed by atoms with van der Waals surface area (Å²) in [5.41, 5.74) is -0.570. The highest BCUT2D eigenvalue weighted by Gasteiger charge is 2.15. The molecule has 96 valence electrons. The number of carbonyl (C=O) groups excluding carboxylic acids is 1. The molecule has 0 spiro atoms. The number of rotatable bonds is 5. The smallest absolute Gasteiger partial charge is 0.272 e. The summed E-state index contributed by atoms with van der Waals surface area (Å²) in [6, 6.07) is 2.95. The molecule has 0 atom stereocenters. The topological polar surface area (TPSA) is 72.2 Å². The van der Waals surface area contributed by atoms with Gasteiger partial charge in [-0.05, 0) is 19.4 Å². The van der Waals surface area contributed by atoms with Gasteiger partial charge in [0, 0.05) is 12.6 Å². The predicted octanol–water partition coefficient (Wildman–Crippen LogP) is 2.43. The summed E-state index contributed by atoms with van der Waals surface area (Å²) in [4.78, 5) is 21.3. The number of amides is 1. The number of benzene rings is 1. The van der Waals surface area contributed by atoms with Crippen molar-refractivity contribution in [3.63, 3.8) is 0 Å². The molecule has 0 aliphatic heterocycles. The lowest BCUT2D eigenvalue weighted by Crippen LogP contribution is -2.25. The predicted molar refractivity (Wildman–Crippen MR) is 64.8 cm³/mol. The van der Waals surface area contributed by atoms with E-state index in [2.05, 4.69) is 5.32 Å². The number of halogens is 1. The summed E-state index contributed by atoms with van der Waals surface area (Å²) in [6.45, 7) is 2.25. The van der Waals surface area contributed by atoms with Gasteiger partial charge >= 0.3 is 0 Å². The van der Waals surface area contributed by atoms with E-state index in [0.29, 0.717) is 13.0 Å². The molecule has 1 rings (SSSR count). The van der Waals surface area contributed by atoms with Gasteiger partial charge in [-0.3, -0.25) is 14.9 Å². The quantitative estimate of drug-likeness (QED) is 0.378. The van der Waals surface area contributed by atoms with E-state index < -0.39 is 16.6 Å². The molecule has 0 saturated carbocycles. The van der Waals surface area contributed by atoms with Crippen molar-refractivity contribution >= 4 is 11.6 Å². The Morgan fingerprint density at radius 1 is 1.56 bits per heavy atom. The number of carbonyl (C=O) groups is 1. The van der Waals surface area contributed by atoms with Crippen LogP contribution in [0.2, 0.25) is 0 Å². The van der Waals surface area contributed by atoms with Gasteiger partial charge in [0.1, 0.15) is 5.82 Å². The minimum Gasteiger partial charge on any atom is -0.352 e. The van der Waals surface area contributed by atoms with Crippen molar-refractivity contribution in [2.75, 3.05) is 6.54 Å². The Bertz CT molecular complexity index is 486. The minimum atomic E-state index is -0.896. The first kappa shape index (κ1) is 13.8. The Labute approximate surface area is 103 Å². The van der Waals surface area contributed by atoms with Gasteiger partial charge in [-0.15, -0.1) is 0 Å². The highest BCUT2D eigenvalue weighted by atomic mass is 19.1. The molecule has 5 nitrogen and oxygen atoms in total. The SMILES string of the molecule is C/C=C/CCNC(=O)c1ccc([N+](=O)[O-])cc1F. The van der Waals surface area contributed by atoms with Gasteiger partial charge in [0.2, 0.25) is 0 Å². The zero-order valence-electron chi connectivity index (χ0n) is 9.85. The second-order valence-electron chi connectivity index (χ2n) is 3.53. The van der Waals surface area contributed by atoms with Gasteiger partial charge < -0.3 is 5.32 Å².